The van der Waals surface area contributed by atoms with Crippen LogP contribution >= 0.6 is 11.8 Å². The third-order valence-electron chi connectivity index (χ3n) is 3.01. The Balaban J connectivity index is 2.01. The molecule has 0 spiro atoms. The normalized spacial score (nSPS) is 11.5. The average Bonchev–Trinajstić information content (AvgIpc) is 3.00. The van der Waals surface area contributed by atoms with Crippen LogP contribution in [0.25, 0.3) is 0 Å². The Kier molecular flexibility index (Phi) is 6.00. The molecule has 2 rings (SSSR count). The molecule has 7 nitrogen and oxygen atoms in total. The molecule has 0 saturated heterocycles. The van der Waals surface area contributed by atoms with Crippen molar-refractivity contribution in [3.05, 3.63) is 29.8 Å². The Labute approximate surface area is 138 Å². The van der Waals surface area contributed by atoms with Crippen molar-refractivity contribution in [3.8, 4) is 18.1 Å². The summed E-state index contributed by atoms with van der Waals surface area (Å²) in [6.07, 6.45) is 5.13. The van der Waals surface area contributed by atoms with Crippen molar-refractivity contribution in [2.24, 2.45) is 0 Å². The van der Waals surface area contributed by atoms with E-state index in [0.29, 0.717) is 11.7 Å². The number of benzene rings is 1. The molecule has 0 radical (unpaired) electrons. The summed E-state index contributed by atoms with van der Waals surface area (Å²) in [5.74, 6) is 3.01. The van der Waals surface area contributed by atoms with Gasteiger partial charge >= 0.3 is 0 Å². The standard InChI is InChI=1S/C15H17N5O2S/c1-4-9-16-14(21)11(2)23-15-17-18-19-20(15)10-12-5-7-13(22-3)8-6-12/h1,5-8,11H,9-10H2,2-3H3,(H,16,21). The van der Waals surface area contributed by atoms with E-state index in [0.717, 1.165) is 11.3 Å². The second kappa shape index (κ2) is 8.19. The first-order valence-electron chi connectivity index (χ1n) is 6.91. The summed E-state index contributed by atoms with van der Waals surface area (Å²) >= 11 is 1.28. The molecule has 0 aliphatic rings. The van der Waals surface area contributed by atoms with Gasteiger partial charge in [-0.05, 0) is 35.0 Å². The van der Waals surface area contributed by atoms with Crippen molar-refractivity contribution in [2.75, 3.05) is 13.7 Å². The van der Waals surface area contributed by atoms with Crippen LogP contribution in [0.1, 0.15) is 12.5 Å². The molecule has 1 aromatic heterocycles. The number of nitrogens with zero attached hydrogens (tertiary/aromatic N) is 4. The first-order chi connectivity index (χ1) is 11.1. The minimum atomic E-state index is -0.344. The van der Waals surface area contributed by atoms with Gasteiger partial charge in [0.1, 0.15) is 5.75 Å². The summed E-state index contributed by atoms with van der Waals surface area (Å²) in [5.41, 5.74) is 1.03. The number of carbonyl (C=O) groups is 1. The predicted molar refractivity (Wildman–Crippen MR) is 87.1 cm³/mol. The molecular formula is C15H17N5O2S. The molecule has 0 bridgehead atoms. The quantitative estimate of drug-likeness (QED) is 0.601. The van der Waals surface area contributed by atoms with Gasteiger partial charge in [0.15, 0.2) is 0 Å². The lowest BCUT2D eigenvalue weighted by molar-refractivity contribution is -0.120. The lowest BCUT2D eigenvalue weighted by atomic mass is 10.2. The van der Waals surface area contributed by atoms with Crippen LogP contribution in [-0.4, -0.2) is 45.0 Å². The first-order valence-corrected chi connectivity index (χ1v) is 7.79. The number of methoxy groups -OCH3 is 1. The highest BCUT2D eigenvalue weighted by atomic mass is 32.2. The van der Waals surface area contributed by atoms with Crippen LogP contribution in [0, 0.1) is 12.3 Å². The number of nitrogens with one attached hydrogen (secondary N) is 1. The summed E-state index contributed by atoms with van der Waals surface area (Å²) in [4.78, 5) is 11.8. The Morgan fingerprint density at radius 3 is 2.87 bits per heavy atom. The van der Waals surface area contributed by atoms with Crippen LogP contribution in [0.5, 0.6) is 5.75 Å². The number of carbonyl (C=O) groups excluding carboxylic acids is 1. The highest BCUT2D eigenvalue weighted by Crippen LogP contribution is 2.21. The smallest absolute Gasteiger partial charge is 0.234 e. The Bertz CT molecular complexity index is 693. The summed E-state index contributed by atoms with van der Waals surface area (Å²) in [6.45, 7) is 2.50. The molecule has 1 unspecified atom stereocenters. The maximum Gasteiger partial charge on any atom is 0.234 e. The summed E-state index contributed by atoms with van der Waals surface area (Å²) in [5, 5.41) is 14.5. The highest BCUT2D eigenvalue weighted by molar-refractivity contribution is 8.00. The zero-order valence-corrected chi connectivity index (χ0v) is 13.7. The number of tetrazole rings is 1. The second-order valence-electron chi connectivity index (χ2n) is 4.65. The number of thioether (sulfide) groups is 1. The molecule has 8 heteroatoms. The van der Waals surface area contributed by atoms with Crippen LogP contribution in [0.4, 0.5) is 0 Å². The van der Waals surface area contributed by atoms with E-state index in [4.69, 9.17) is 11.2 Å². The Morgan fingerprint density at radius 1 is 1.48 bits per heavy atom. The van der Waals surface area contributed by atoms with Crippen molar-refractivity contribution < 1.29 is 9.53 Å². The van der Waals surface area contributed by atoms with Crippen molar-refractivity contribution >= 4 is 17.7 Å². The molecule has 1 heterocycles. The van der Waals surface area contributed by atoms with Crippen LogP contribution in [0.2, 0.25) is 0 Å². The fraction of sp³-hybridized carbons (Fsp3) is 0.333. The van der Waals surface area contributed by atoms with Crippen LogP contribution < -0.4 is 10.1 Å². The fourth-order valence-corrected chi connectivity index (χ4v) is 2.59. The van der Waals surface area contributed by atoms with Gasteiger partial charge in [0.2, 0.25) is 11.1 Å². The van der Waals surface area contributed by atoms with Gasteiger partial charge in [-0.25, -0.2) is 4.68 Å². The van der Waals surface area contributed by atoms with Crippen LogP contribution in [0.3, 0.4) is 0 Å². The van der Waals surface area contributed by atoms with Crippen LogP contribution in [-0.2, 0) is 11.3 Å². The zero-order valence-electron chi connectivity index (χ0n) is 12.9. The molecule has 2 aromatic rings. The molecule has 1 N–H and O–H groups in total. The topological polar surface area (TPSA) is 81.9 Å². The SMILES string of the molecule is C#CCNC(=O)C(C)Sc1nnnn1Cc1ccc(OC)cc1. The summed E-state index contributed by atoms with van der Waals surface area (Å²) in [7, 11) is 1.62. The van der Waals surface area contributed by atoms with Gasteiger partial charge in [0, 0.05) is 0 Å². The van der Waals surface area contributed by atoms with Gasteiger partial charge in [0.05, 0.1) is 25.4 Å². The van der Waals surface area contributed by atoms with Crippen molar-refractivity contribution in [1.82, 2.24) is 25.5 Å². The van der Waals surface area contributed by atoms with Gasteiger partial charge in [-0.2, -0.15) is 0 Å². The van der Waals surface area contributed by atoms with E-state index < -0.39 is 0 Å². The first kappa shape index (κ1) is 16.8. The molecule has 0 fully saturated rings. The van der Waals surface area contributed by atoms with E-state index in [1.54, 1.807) is 18.7 Å². The fourth-order valence-electron chi connectivity index (χ4n) is 1.78. The van der Waals surface area contributed by atoms with Crippen molar-refractivity contribution in [2.45, 2.75) is 23.9 Å². The molecule has 1 aromatic carbocycles. The monoisotopic (exact) mass is 331 g/mol. The van der Waals surface area contributed by atoms with E-state index in [1.807, 2.05) is 24.3 Å². The number of hydrogen-bond donors (Lipinski definition) is 1. The average molecular weight is 331 g/mol. The van der Waals surface area contributed by atoms with Gasteiger partial charge in [-0.1, -0.05) is 29.8 Å². The lowest BCUT2D eigenvalue weighted by Crippen LogP contribution is -2.31. The third kappa shape index (κ3) is 4.72. The van der Waals surface area contributed by atoms with Crippen molar-refractivity contribution in [3.63, 3.8) is 0 Å². The Hall–Kier alpha value is -2.53. The Morgan fingerprint density at radius 2 is 2.22 bits per heavy atom. The zero-order chi connectivity index (χ0) is 16.7. The predicted octanol–water partition coefficient (Wildman–Crippen LogP) is 0.960. The number of rotatable bonds is 7. The molecule has 0 aliphatic carbocycles. The van der Waals surface area contributed by atoms with E-state index in [1.165, 1.54) is 11.8 Å². The third-order valence-corrected chi connectivity index (χ3v) is 4.08. The van der Waals surface area contributed by atoms with E-state index in [9.17, 15) is 4.79 Å². The number of aromatic nitrogens is 4. The number of amides is 1. The lowest BCUT2D eigenvalue weighted by Gasteiger charge is -2.10. The maximum absolute atomic E-state index is 11.8. The van der Waals surface area contributed by atoms with E-state index >= 15 is 0 Å². The van der Waals surface area contributed by atoms with Gasteiger partial charge in [0.25, 0.3) is 0 Å². The largest absolute Gasteiger partial charge is 0.497 e. The molecule has 0 saturated carbocycles. The van der Waals surface area contributed by atoms with Crippen LogP contribution in [0.15, 0.2) is 29.4 Å². The minimum Gasteiger partial charge on any atom is -0.497 e. The number of ether oxygens (including phenoxy) is 1. The molecule has 1 atom stereocenters. The van der Waals surface area contributed by atoms with E-state index in [-0.39, 0.29) is 17.7 Å². The maximum atomic E-state index is 11.8. The molecule has 120 valence electrons. The molecular weight excluding hydrogens is 314 g/mol. The molecule has 23 heavy (non-hydrogen) atoms. The number of terminal acetylenes is 1. The summed E-state index contributed by atoms with van der Waals surface area (Å²) < 4.78 is 6.78. The van der Waals surface area contributed by atoms with Gasteiger partial charge in [-0.15, -0.1) is 11.5 Å². The number of hydrogen-bond acceptors (Lipinski definition) is 6. The highest BCUT2D eigenvalue weighted by Gasteiger charge is 2.18. The van der Waals surface area contributed by atoms with Crippen molar-refractivity contribution in [1.29, 1.82) is 0 Å². The minimum absolute atomic E-state index is 0.146. The van der Waals surface area contributed by atoms with E-state index in [2.05, 4.69) is 26.8 Å². The second-order valence-corrected chi connectivity index (χ2v) is 5.96. The molecule has 0 aliphatic heterocycles. The van der Waals surface area contributed by atoms with Gasteiger partial charge in [-0.3, -0.25) is 4.79 Å². The molecule has 1 amide bonds. The summed E-state index contributed by atoms with van der Waals surface area (Å²) in [6, 6.07) is 7.64. The van der Waals surface area contributed by atoms with Gasteiger partial charge < -0.3 is 10.1 Å².